The molecule has 4 rings (SSSR count). The number of ether oxygens (including phenoxy) is 1. The lowest BCUT2D eigenvalue weighted by Crippen LogP contribution is -2.26. The number of hydrogen-bond acceptors (Lipinski definition) is 3. The molecule has 0 spiro atoms. The number of hydrogen-bond donors (Lipinski definition) is 1. The molecule has 7 heteroatoms. The Labute approximate surface area is 190 Å². The Kier molecular flexibility index (Phi) is 6.35. The summed E-state index contributed by atoms with van der Waals surface area (Å²) in [6.07, 6.45) is 3.97. The van der Waals surface area contributed by atoms with E-state index in [4.69, 9.17) is 32.4 Å². The number of aromatic nitrogens is 1. The maximum absolute atomic E-state index is 12.6. The highest BCUT2D eigenvalue weighted by Gasteiger charge is 2.16. The lowest BCUT2D eigenvalue weighted by Gasteiger charge is -2.14. The number of carbonyl (C=O) groups is 1. The second kappa shape index (κ2) is 9.33. The van der Waals surface area contributed by atoms with Gasteiger partial charge in [0.2, 0.25) is 0 Å². The van der Waals surface area contributed by atoms with Crippen LogP contribution in [0.5, 0.6) is 5.75 Å². The molecule has 0 aliphatic rings. The SMILES string of the molecule is CC(NC(=O)c1ccc(COc2cccc(Cl)c2Cl)o1)c1ccc(-n2cccc2)cc1. The summed E-state index contributed by atoms with van der Waals surface area (Å²) in [7, 11) is 0. The molecule has 31 heavy (non-hydrogen) atoms. The third-order valence-electron chi connectivity index (χ3n) is 4.81. The zero-order valence-corrected chi connectivity index (χ0v) is 18.2. The minimum atomic E-state index is -0.297. The van der Waals surface area contributed by atoms with Crippen molar-refractivity contribution < 1.29 is 13.9 Å². The highest BCUT2D eigenvalue weighted by Crippen LogP contribution is 2.32. The maximum Gasteiger partial charge on any atom is 0.287 e. The Balaban J connectivity index is 1.35. The topological polar surface area (TPSA) is 56.4 Å². The second-order valence-corrected chi connectivity index (χ2v) is 7.77. The molecule has 1 atom stereocenters. The van der Waals surface area contributed by atoms with Crippen molar-refractivity contribution in [3.8, 4) is 11.4 Å². The predicted molar refractivity (Wildman–Crippen MR) is 121 cm³/mol. The quantitative estimate of drug-likeness (QED) is 0.349. The molecule has 0 radical (unpaired) electrons. The fourth-order valence-electron chi connectivity index (χ4n) is 3.11. The van der Waals surface area contributed by atoms with Crippen molar-refractivity contribution >= 4 is 29.1 Å². The molecule has 0 fully saturated rings. The van der Waals surface area contributed by atoms with Gasteiger partial charge < -0.3 is 19.0 Å². The summed E-state index contributed by atoms with van der Waals surface area (Å²) in [4.78, 5) is 12.6. The normalized spacial score (nSPS) is 11.8. The first-order valence-corrected chi connectivity index (χ1v) is 10.5. The van der Waals surface area contributed by atoms with Gasteiger partial charge in [0.1, 0.15) is 23.1 Å². The van der Waals surface area contributed by atoms with Crippen LogP contribution in [0.1, 0.15) is 34.8 Å². The zero-order chi connectivity index (χ0) is 21.8. The molecule has 2 aromatic heterocycles. The van der Waals surface area contributed by atoms with Crippen LogP contribution in [0.2, 0.25) is 10.0 Å². The highest BCUT2D eigenvalue weighted by atomic mass is 35.5. The van der Waals surface area contributed by atoms with E-state index in [1.165, 1.54) is 0 Å². The van der Waals surface area contributed by atoms with Crippen molar-refractivity contribution in [3.63, 3.8) is 0 Å². The number of carbonyl (C=O) groups excluding carboxylic acids is 1. The number of benzene rings is 2. The minimum Gasteiger partial charge on any atom is -0.484 e. The zero-order valence-electron chi connectivity index (χ0n) is 16.7. The average molecular weight is 455 g/mol. The van der Waals surface area contributed by atoms with Crippen LogP contribution >= 0.6 is 23.2 Å². The van der Waals surface area contributed by atoms with Gasteiger partial charge in [-0.3, -0.25) is 4.79 Å². The lowest BCUT2D eigenvalue weighted by atomic mass is 10.1. The summed E-state index contributed by atoms with van der Waals surface area (Å²) in [5.74, 6) is 0.874. The van der Waals surface area contributed by atoms with E-state index in [9.17, 15) is 4.79 Å². The van der Waals surface area contributed by atoms with Crippen LogP contribution in [-0.4, -0.2) is 10.5 Å². The van der Waals surface area contributed by atoms with Crippen LogP contribution in [0.25, 0.3) is 5.69 Å². The molecule has 1 N–H and O–H groups in total. The second-order valence-electron chi connectivity index (χ2n) is 6.98. The van der Waals surface area contributed by atoms with Gasteiger partial charge in [-0.2, -0.15) is 0 Å². The molecule has 1 amide bonds. The first-order chi connectivity index (χ1) is 15.0. The van der Waals surface area contributed by atoms with E-state index < -0.39 is 0 Å². The third-order valence-corrected chi connectivity index (χ3v) is 5.62. The van der Waals surface area contributed by atoms with Crippen LogP contribution < -0.4 is 10.1 Å². The smallest absolute Gasteiger partial charge is 0.287 e. The number of furan rings is 1. The minimum absolute atomic E-state index is 0.129. The largest absolute Gasteiger partial charge is 0.484 e. The molecule has 0 bridgehead atoms. The molecule has 2 aromatic carbocycles. The Bertz CT molecular complexity index is 1170. The molecule has 4 aromatic rings. The van der Waals surface area contributed by atoms with Crippen LogP contribution in [0.3, 0.4) is 0 Å². The molecular formula is C24H20Cl2N2O3. The van der Waals surface area contributed by atoms with Crippen molar-refractivity contribution in [2.75, 3.05) is 0 Å². The summed E-state index contributed by atoms with van der Waals surface area (Å²) >= 11 is 12.1. The Hall–Kier alpha value is -3.15. The maximum atomic E-state index is 12.6. The number of amides is 1. The molecule has 5 nitrogen and oxygen atoms in total. The van der Waals surface area contributed by atoms with Gasteiger partial charge in [0.25, 0.3) is 5.91 Å². The van der Waals surface area contributed by atoms with E-state index in [0.29, 0.717) is 21.6 Å². The Morgan fingerprint density at radius 1 is 1.03 bits per heavy atom. The van der Waals surface area contributed by atoms with Crippen molar-refractivity contribution in [1.29, 1.82) is 0 Å². The van der Waals surface area contributed by atoms with Gasteiger partial charge >= 0.3 is 0 Å². The summed E-state index contributed by atoms with van der Waals surface area (Å²) in [5.41, 5.74) is 2.05. The molecule has 158 valence electrons. The first-order valence-electron chi connectivity index (χ1n) is 9.71. The van der Waals surface area contributed by atoms with Crippen LogP contribution in [-0.2, 0) is 6.61 Å². The number of nitrogens with one attached hydrogen (secondary N) is 1. The fourth-order valence-corrected chi connectivity index (χ4v) is 3.46. The van der Waals surface area contributed by atoms with E-state index >= 15 is 0 Å². The van der Waals surface area contributed by atoms with Crippen LogP contribution in [0.4, 0.5) is 0 Å². The van der Waals surface area contributed by atoms with Gasteiger partial charge in [-0.1, -0.05) is 41.4 Å². The summed E-state index contributed by atoms with van der Waals surface area (Å²) in [6, 6.07) is 20.3. The number of nitrogens with zero attached hydrogens (tertiary/aromatic N) is 1. The van der Waals surface area contributed by atoms with Gasteiger partial charge in [-0.15, -0.1) is 0 Å². The van der Waals surface area contributed by atoms with E-state index in [2.05, 4.69) is 5.32 Å². The summed E-state index contributed by atoms with van der Waals surface area (Å²) in [5, 5.41) is 3.70. The number of halogens is 2. The Morgan fingerprint density at radius 2 is 1.77 bits per heavy atom. The van der Waals surface area contributed by atoms with Gasteiger partial charge in [-0.25, -0.2) is 0 Å². The molecule has 0 saturated heterocycles. The third kappa shape index (κ3) is 4.95. The van der Waals surface area contributed by atoms with Crippen molar-refractivity contribution in [1.82, 2.24) is 9.88 Å². The van der Waals surface area contributed by atoms with E-state index in [0.717, 1.165) is 11.3 Å². The number of rotatable bonds is 7. The van der Waals surface area contributed by atoms with Crippen molar-refractivity contribution in [3.05, 3.63) is 106 Å². The highest BCUT2D eigenvalue weighted by molar-refractivity contribution is 6.42. The Morgan fingerprint density at radius 3 is 2.52 bits per heavy atom. The summed E-state index contributed by atoms with van der Waals surface area (Å²) < 4.78 is 13.3. The molecule has 1 unspecified atom stereocenters. The van der Waals surface area contributed by atoms with Crippen LogP contribution in [0.15, 0.2) is 83.5 Å². The standard InChI is InChI=1S/C24H20Cl2N2O3/c1-16(17-7-9-18(10-8-17)28-13-2-3-14-28)27-24(29)22-12-11-19(31-22)15-30-21-6-4-5-20(25)23(21)26/h2-14,16H,15H2,1H3,(H,27,29). The molecular weight excluding hydrogens is 435 g/mol. The van der Waals surface area contributed by atoms with Crippen molar-refractivity contribution in [2.24, 2.45) is 0 Å². The van der Waals surface area contributed by atoms with E-state index in [1.807, 2.05) is 60.3 Å². The van der Waals surface area contributed by atoms with Crippen LogP contribution in [0, 0.1) is 0 Å². The fraction of sp³-hybridized carbons (Fsp3) is 0.125. The first kappa shape index (κ1) is 21.1. The molecule has 2 heterocycles. The molecule has 0 saturated carbocycles. The monoisotopic (exact) mass is 454 g/mol. The van der Waals surface area contributed by atoms with Gasteiger partial charge in [0.05, 0.1) is 11.1 Å². The van der Waals surface area contributed by atoms with Gasteiger partial charge in [0, 0.05) is 18.1 Å². The lowest BCUT2D eigenvalue weighted by molar-refractivity contribution is 0.0907. The van der Waals surface area contributed by atoms with Gasteiger partial charge in [0.15, 0.2) is 5.76 Å². The molecule has 0 aliphatic carbocycles. The molecule has 0 aliphatic heterocycles. The van der Waals surface area contributed by atoms with Crippen molar-refractivity contribution in [2.45, 2.75) is 19.6 Å². The average Bonchev–Trinajstić information content (AvgIpc) is 3.47. The van der Waals surface area contributed by atoms with E-state index in [-0.39, 0.29) is 24.3 Å². The summed E-state index contributed by atoms with van der Waals surface area (Å²) in [6.45, 7) is 2.06. The van der Waals surface area contributed by atoms with E-state index in [1.54, 1.807) is 30.3 Å². The van der Waals surface area contributed by atoms with Gasteiger partial charge in [-0.05, 0) is 61.0 Å². The predicted octanol–water partition coefficient (Wildman–Crippen LogP) is 6.45.